The molecule has 1 unspecified atom stereocenters. The summed E-state index contributed by atoms with van der Waals surface area (Å²) in [4.78, 5) is 26.0. The molecule has 3 aromatic heterocycles. The summed E-state index contributed by atoms with van der Waals surface area (Å²) in [5, 5.41) is 11.5. The Hall–Kier alpha value is -3.84. The number of nitrogens with one attached hydrogen (secondary N) is 2. The normalized spacial score (nSPS) is 19.1. The molecule has 0 amide bonds. The molecule has 46 heavy (non-hydrogen) atoms. The van der Waals surface area contributed by atoms with Gasteiger partial charge in [0.25, 0.3) is 0 Å². The number of fused-ring (bicyclic) bond motifs is 1. The van der Waals surface area contributed by atoms with Crippen LogP contribution in [0.15, 0.2) is 35.7 Å². The first-order chi connectivity index (χ1) is 22.0. The number of aryl methyl sites for hydroxylation is 1. The number of aromatic nitrogens is 6. The van der Waals surface area contributed by atoms with Gasteiger partial charge in [-0.2, -0.15) is 5.10 Å². The van der Waals surface area contributed by atoms with Crippen LogP contribution in [0, 0.1) is 19.8 Å². The molecule has 2 atom stereocenters. The van der Waals surface area contributed by atoms with E-state index in [1.807, 2.05) is 46.8 Å². The third-order valence-electron chi connectivity index (χ3n) is 9.28. The minimum absolute atomic E-state index is 0.371. The number of H-pyrrole nitrogens is 1. The summed E-state index contributed by atoms with van der Waals surface area (Å²) in [5.41, 5.74) is 2.72. The fraction of sp³-hybridized carbons (Fsp3) is 0.545. The van der Waals surface area contributed by atoms with Crippen LogP contribution in [0.2, 0.25) is 0 Å². The molecule has 2 aliphatic heterocycles. The largest absolute Gasteiger partial charge is 0.492 e. The first-order valence-electron chi connectivity index (χ1n) is 16.1. The number of likely N-dealkylation sites (N-methyl/N-ethyl adjacent to an activating group) is 1. The highest BCUT2D eigenvalue weighted by Crippen LogP contribution is 2.36. The quantitative estimate of drug-likeness (QED) is 0.273. The van der Waals surface area contributed by atoms with Crippen molar-refractivity contribution in [1.82, 2.24) is 35.0 Å². The molecule has 2 saturated heterocycles. The van der Waals surface area contributed by atoms with Crippen LogP contribution >= 0.6 is 0 Å². The van der Waals surface area contributed by atoms with Crippen molar-refractivity contribution < 1.29 is 8.95 Å². The van der Waals surface area contributed by atoms with Crippen LogP contribution in [-0.2, 0) is 10.8 Å². The van der Waals surface area contributed by atoms with Gasteiger partial charge < -0.3 is 24.8 Å². The summed E-state index contributed by atoms with van der Waals surface area (Å²) in [7, 11) is 0.851. The molecule has 2 fully saturated rings. The van der Waals surface area contributed by atoms with Crippen LogP contribution in [0.1, 0.15) is 51.8 Å². The Bertz CT molecular complexity index is 1710. The number of hydrogen-bond donors (Lipinski definition) is 2. The van der Waals surface area contributed by atoms with Crippen molar-refractivity contribution in [1.29, 1.82) is 0 Å². The molecule has 0 saturated carbocycles. The molecule has 0 aliphatic carbocycles. The Kier molecular flexibility index (Phi) is 9.15. The number of nitrogens with zero attached hydrogens (tertiary/aromatic N) is 8. The number of hydrogen-bond acceptors (Lipinski definition) is 11. The smallest absolute Gasteiger partial charge is 0.156 e. The van der Waals surface area contributed by atoms with Crippen molar-refractivity contribution in [3.05, 3.63) is 42.1 Å². The average molecular weight is 647 g/mol. The molecule has 4 aromatic rings. The highest BCUT2D eigenvalue weighted by molar-refractivity contribution is 7.86. The van der Waals surface area contributed by atoms with Crippen LogP contribution in [0.25, 0.3) is 10.9 Å². The van der Waals surface area contributed by atoms with Gasteiger partial charge in [0.1, 0.15) is 35.9 Å². The third-order valence-corrected chi connectivity index (χ3v) is 11.1. The minimum atomic E-state index is -1.33. The number of ether oxygens (including phenoxy) is 1. The van der Waals surface area contributed by atoms with Gasteiger partial charge in [-0.25, -0.2) is 19.9 Å². The zero-order valence-corrected chi connectivity index (χ0v) is 28.8. The maximum absolute atomic E-state index is 13.8. The number of benzene rings is 1. The van der Waals surface area contributed by atoms with E-state index in [4.69, 9.17) is 4.74 Å². The number of anilines is 4. The maximum Gasteiger partial charge on any atom is 0.156 e. The summed E-state index contributed by atoms with van der Waals surface area (Å²) in [6.45, 7) is 17.5. The molecular formula is C33H46N10O2S. The molecule has 0 spiro atoms. The van der Waals surface area contributed by atoms with Crippen LogP contribution < -0.4 is 19.9 Å². The van der Waals surface area contributed by atoms with E-state index in [2.05, 4.69) is 70.2 Å². The van der Waals surface area contributed by atoms with E-state index >= 15 is 0 Å². The number of piperidine rings is 1. The molecule has 246 valence electrons. The van der Waals surface area contributed by atoms with E-state index in [9.17, 15) is 4.21 Å². The third kappa shape index (κ3) is 6.80. The minimum Gasteiger partial charge on any atom is -0.492 e. The van der Waals surface area contributed by atoms with Crippen molar-refractivity contribution in [3.63, 3.8) is 0 Å². The average Bonchev–Trinajstić information content (AvgIpc) is 3.36. The van der Waals surface area contributed by atoms with Crippen LogP contribution in [-0.4, -0.2) is 96.4 Å². The van der Waals surface area contributed by atoms with Gasteiger partial charge in [0.05, 0.1) is 27.8 Å². The van der Waals surface area contributed by atoms with Crippen LogP contribution in [0.3, 0.4) is 0 Å². The van der Waals surface area contributed by atoms with E-state index in [-0.39, 0.29) is 0 Å². The van der Waals surface area contributed by atoms with E-state index in [1.165, 1.54) is 6.33 Å². The maximum atomic E-state index is 13.8. The van der Waals surface area contributed by atoms with Crippen molar-refractivity contribution in [3.8, 4) is 5.75 Å². The Labute approximate surface area is 273 Å². The lowest BCUT2D eigenvalue weighted by Gasteiger charge is -2.38. The lowest BCUT2D eigenvalue weighted by atomic mass is 9.98. The highest BCUT2D eigenvalue weighted by Gasteiger charge is 2.28. The Morgan fingerprint density at radius 3 is 2.35 bits per heavy atom. The van der Waals surface area contributed by atoms with E-state index in [1.54, 1.807) is 6.33 Å². The summed E-state index contributed by atoms with van der Waals surface area (Å²) in [6, 6.07) is 6.45. The second-order valence-corrected chi connectivity index (χ2v) is 15.8. The van der Waals surface area contributed by atoms with Crippen molar-refractivity contribution >= 4 is 45.0 Å². The zero-order valence-electron chi connectivity index (χ0n) is 28.0. The first-order valence-corrected chi connectivity index (χ1v) is 17.3. The van der Waals surface area contributed by atoms with Crippen molar-refractivity contribution in [2.24, 2.45) is 5.92 Å². The summed E-state index contributed by atoms with van der Waals surface area (Å²) in [6.07, 6.45) is 5.19. The molecule has 0 bridgehead atoms. The second kappa shape index (κ2) is 13.1. The molecule has 2 N–H and O–H groups in total. The molecule has 12 nitrogen and oxygen atoms in total. The van der Waals surface area contributed by atoms with Gasteiger partial charge in [0.15, 0.2) is 5.82 Å². The molecular weight excluding hydrogens is 600 g/mol. The predicted octanol–water partition coefficient (Wildman–Crippen LogP) is 4.85. The molecule has 6 rings (SSSR count). The second-order valence-electron chi connectivity index (χ2n) is 13.6. The topological polar surface area (TPSA) is 128 Å². The molecule has 5 heterocycles. The summed E-state index contributed by atoms with van der Waals surface area (Å²) < 4.78 is 19.8. The summed E-state index contributed by atoms with van der Waals surface area (Å²) in [5.74, 6) is 4.29. The monoisotopic (exact) mass is 646 g/mol. The number of rotatable bonds is 8. The SMILES string of the molecule is Cc1[nH]nc(Nc2ncnc3cc(OCC4CCN(c5cc(N6CCN(C)[C@H](C)C6)ncn5)CC4)c(S(=O)C(C)(C)C)cc23)c1C. The van der Waals surface area contributed by atoms with Gasteiger partial charge in [-0.3, -0.25) is 9.31 Å². The Balaban J connectivity index is 1.16. The summed E-state index contributed by atoms with van der Waals surface area (Å²) >= 11 is 0. The van der Waals surface area contributed by atoms with Crippen LogP contribution in [0.5, 0.6) is 5.75 Å². The predicted molar refractivity (Wildman–Crippen MR) is 184 cm³/mol. The van der Waals surface area contributed by atoms with Crippen molar-refractivity contribution in [2.45, 2.75) is 70.1 Å². The molecule has 1 aromatic carbocycles. The fourth-order valence-corrected chi connectivity index (χ4v) is 7.13. The van der Waals surface area contributed by atoms with E-state index in [0.717, 1.165) is 79.4 Å². The van der Waals surface area contributed by atoms with Crippen molar-refractivity contribution in [2.75, 3.05) is 61.5 Å². The standard InChI is InChI=1S/C33H46N10O2S/c1-21-17-43(13-12-41(21)7)30-16-29(35-20-36-30)42-10-8-24(9-11-42)18-45-27-15-26-25(14-28(27)46(44)33(4,5)6)32(37-19-34-26)38-31-22(2)23(3)39-40-31/h14-16,19-21,24H,8-13,17-18H2,1-7H3,(H2,34,37,38,39,40)/t21-,46?/m1/s1. The van der Waals surface area contributed by atoms with Gasteiger partial charge in [-0.15, -0.1) is 0 Å². The first kappa shape index (κ1) is 32.1. The highest BCUT2D eigenvalue weighted by atomic mass is 32.2. The van der Waals surface area contributed by atoms with Gasteiger partial charge in [0, 0.05) is 72.3 Å². The molecule has 13 heteroatoms. The van der Waals surface area contributed by atoms with Crippen LogP contribution in [0.4, 0.5) is 23.3 Å². The van der Waals surface area contributed by atoms with E-state index in [0.29, 0.717) is 40.8 Å². The van der Waals surface area contributed by atoms with Gasteiger partial charge in [0.2, 0.25) is 0 Å². The van der Waals surface area contributed by atoms with Gasteiger partial charge >= 0.3 is 0 Å². The Morgan fingerprint density at radius 2 is 1.67 bits per heavy atom. The zero-order chi connectivity index (χ0) is 32.6. The molecule has 0 radical (unpaired) electrons. The number of aromatic amines is 1. The number of piperazine rings is 1. The Morgan fingerprint density at radius 1 is 0.957 bits per heavy atom. The molecule has 2 aliphatic rings. The fourth-order valence-electron chi connectivity index (χ4n) is 5.95. The lowest BCUT2D eigenvalue weighted by molar-refractivity contribution is 0.218. The van der Waals surface area contributed by atoms with Gasteiger partial charge in [-0.05, 0) is 73.4 Å². The lowest BCUT2D eigenvalue weighted by Crippen LogP contribution is -2.50. The van der Waals surface area contributed by atoms with Gasteiger partial charge in [-0.1, -0.05) is 0 Å². The van der Waals surface area contributed by atoms with E-state index < -0.39 is 15.5 Å².